The Hall–Kier alpha value is -2.13. The highest BCUT2D eigenvalue weighted by Crippen LogP contribution is 2.33. The van der Waals surface area contributed by atoms with E-state index in [0.717, 1.165) is 7.11 Å². The lowest BCUT2D eigenvalue weighted by molar-refractivity contribution is -0.391. The Morgan fingerprint density at radius 2 is 2.11 bits per heavy atom. The van der Waals surface area contributed by atoms with Gasteiger partial charge in [0.15, 0.2) is 0 Å². The fraction of sp³-hybridized carbons (Fsp3) is 0.375. The van der Waals surface area contributed by atoms with Crippen molar-refractivity contribution in [2.24, 2.45) is 0 Å². The zero-order valence-electron chi connectivity index (χ0n) is 8.82. The average Bonchev–Trinajstić information content (AvgIpc) is 2.25. The fourth-order valence-corrected chi connectivity index (χ4v) is 1.14. The van der Waals surface area contributed by atoms with Crippen LogP contribution >= 0.6 is 0 Å². The second kappa shape index (κ2) is 5.02. The van der Waals surface area contributed by atoms with E-state index in [9.17, 15) is 27.7 Å². The van der Waals surface area contributed by atoms with Crippen molar-refractivity contribution < 1.29 is 32.0 Å². The third-order valence-electron chi connectivity index (χ3n) is 1.78. The van der Waals surface area contributed by atoms with Crippen molar-refractivity contribution in [2.75, 3.05) is 7.11 Å². The van der Waals surface area contributed by atoms with Crippen LogP contribution in [0, 0.1) is 10.1 Å². The van der Waals surface area contributed by atoms with E-state index in [4.69, 9.17) is 0 Å². The normalized spacial score (nSPS) is 11.2. The number of rotatable bonds is 4. The Labute approximate surface area is 97.3 Å². The number of hydrogen-bond acceptors (Lipinski definition) is 5. The number of alkyl halides is 4. The van der Waals surface area contributed by atoms with Crippen LogP contribution in [-0.2, 0) is 6.67 Å². The maximum absolute atomic E-state index is 12.6. The van der Waals surface area contributed by atoms with Gasteiger partial charge in [0, 0.05) is 4.98 Å². The zero-order chi connectivity index (χ0) is 13.9. The molecule has 0 radical (unpaired) electrons. The fourth-order valence-electron chi connectivity index (χ4n) is 1.14. The molecule has 6 nitrogen and oxygen atoms in total. The first-order chi connectivity index (χ1) is 8.28. The van der Waals surface area contributed by atoms with Gasteiger partial charge in [0.25, 0.3) is 0 Å². The molecule has 0 saturated carbocycles. The Balaban J connectivity index is 3.32. The molecule has 0 atom stereocenters. The van der Waals surface area contributed by atoms with Gasteiger partial charge in [-0.1, -0.05) is 0 Å². The molecule has 10 heteroatoms. The molecule has 18 heavy (non-hydrogen) atoms. The minimum atomic E-state index is -5.07. The molecule has 100 valence electrons. The molecule has 0 unspecified atom stereocenters. The van der Waals surface area contributed by atoms with Crippen molar-refractivity contribution in [2.45, 2.75) is 13.0 Å². The van der Waals surface area contributed by atoms with E-state index in [1.807, 2.05) is 0 Å². The zero-order valence-corrected chi connectivity index (χ0v) is 8.82. The number of halogens is 4. The predicted molar refractivity (Wildman–Crippen MR) is 48.9 cm³/mol. The van der Waals surface area contributed by atoms with Crippen molar-refractivity contribution in [1.29, 1.82) is 0 Å². The van der Waals surface area contributed by atoms with E-state index >= 15 is 0 Å². The van der Waals surface area contributed by atoms with E-state index in [1.165, 1.54) is 0 Å². The molecule has 0 bridgehead atoms. The molecular weight excluding hydrogens is 264 g/mol. The van der Waals surface area contributed by atoms with Crippen LogP contribution in [0.5, 0.6) is 11.6 Å². The number of methoxy groups -OCH3 is 1. The van der Waals surface area contributed by atoms with Gasteiger partial charge in [-0.2, -0.15) is 0 Å². The first-order valence-corrected chi connectivity index (χ1v) is 4.32. The van der Waals surface area contributed by atoms with Crippen molar-refractivity contribution in [3.63, 3.8) is 0 Å². The average molecular weight is 270 g/mol. The highest BCUT2D eigenvalue weighted by atomic mass is 19.4. The van der Waals surface area contributed by atoms with E-state index in [0.29, 0.717) is 6.07 Å². The smallest absolute Gasteiger partial charge is 0.496 e. The second-order valence-electron chi connectivity index (χ2n) is 2.90. The summed E-state index contributed by atoms with van der Waals surface area (Å²) >= 11 is 0. The molecule has 0 saturated heterocycles. The first kappa shape index (κ1) is 13.9. The van der Waals surface area contributed by atoms with Crippen LogP contribution < -0.4 is 9.47 Å². The number of nitro groups is 1. The summed E-state index contributed by atoms with van der Waals surface area (Å²) in [6.45, 7) is -1.31. The number of pyridine rings is 1. The van der Waals surface area contributed by atoms with E-state index in [-0.39, 0.29) is 0 Å². The molecule has 0 aliphatic carbocycles. The van der Waals surface area contributed by atoms with Crippen molar-refractivity contribution in [3.05, 3.63) is 21.7 Å². The summed E-state index contributed by atoms with van der Waals surface area (Å²) < 4.78 is 56.4. The predicted octanol–water partition coefficient (Wildman–Crippen LogP) is 2.37. The maximum Gasteiger partial charge on any atom is 0.575 e. The Morgan fingerprint density at radius 1 is 1.50 bits per heavy atom. The van der Waals surface area contributed by atoms with E-state index < -0.39 is 41.0 Å². The lowest BCUT2D eigenvalue weighted by Gasteiger charge is -2.09. The summed E-state index contributed by atoms with van der Waals surface area (Å²) in [5.74, 6) is -2.63. The SMILES string of the molecule is COc1cc(OC(F)(F)F)nc([N+](=O)[O-])c1CF. The van der Waals surface area contributed by atoms with Crippen LogP contribution in [-0.4, -0.2) is 23.4 Å². The molecule has 1 rings (SSSR count). The largest absolute Gasteiger partial charge is 0.575 e. The summed E-state index contributed by atoms with van der Waals surface area (Å²) in [6.07, 6.45) is -5.07. The van der Waals surface area contributed by atoms with Crippen molar-refractivity contribution in [1.82, 2.24) is 4.98 Å². The number of hydrogen-bond donors (Lipinski definition) is 0. The van der Waals surface area contributed by atoms with Crippen LogP contribution in [0.2, 0.25) is 0 Å². The number of nitrogens with zero attached hydrogens (tertiary/aromatic N) is 2. The van der Waals surface area contributed by atoms with Crippen LogP contribution in [0.4, 0.5) is 23.4 Å². The van der Waals surface area contributed by atoms with Gasteiger partial charge in [0.2, 0.25) is 0 Å². The molecule has 0 aromatic carbocycles. The Bertz CT molecular complexity index is 463. The third kappa shape index (κ3) is 3.18. The molecule has 0 aliphatic heterocycles. The van der Waals surface area contributed by atoms with E-state index in [2.05, 4.69) is 14.5 Å². The molecule has 1 heterocycles. The van der Waals surface area contributed by atoms with Crippen LogP contribution in [0.15, 0.2) is 6.07 Å². The van der Waals surface area contributed by atoms with Gasteiger partial charge in [0.1, 0.15) is 18.0 Å². The van der Waals surface area contributed by atoms with Gasteiger partial charge >= 0.3 is 18.1 Å². The van der Waals surface area contributed by atoms with Gasteiger partial charge < -0.3 is 19.6 Å². The standard InChI is InChI=1S/C8H6F4N2O4/c1-17-5-2-6(18-8(10,11)12)13-7(14(15)16)4(5)3-9/h2H,3H2,1H3. The molecule has 0 aliphatic rings. The van der Waals surface area contributed by atoms with Gasteiger partial charge in [0.05, 0.1) is 13.2 Å². The summed E-state index contributed by atoms with van der Waals surface area (Å²) in [6, 6.07) is 0.620. The minimum Gasteiger partial charge on any atom is -0.496 e. The van der Waals surface area contributed by atoms with Gasteiger partial charge in [-0.25, -0.2) is 4.39 Å². The molecule has 0 amide bonds. The molecule has 0 N–H and O–H groups in total. The van der Waals surface area contributed by atoms with Crippen molar-refractivity contribution >= 4 is 5.82 Å². The lowest BCUT2D eigenvalue weighted by atomic mass is 10.2. The molecule has 1 aromatic heterocycles. The Kier molecular flexibility index (Phi) is 3.89. The van der Waals surface area contributed by atoms with Crippen LogP contribution in [0.1, 0.15) is 5.56 Å². The molecule has 0 fully saturated rings. The minimum absolute atomic E-state index is 0.446. The van der Waals surface area contributed by atoms with Gasteiger partial charge in [-0.05, 0) is 4.92 Å². The second-order valence-corrected chi connectivity index (χ2v) is 2.90. The van der Waals surface area contributed by atoms with Gasteiger partial charge in [-0.3, -0.25) is 0 Å². The lowest BCUT2D eigenvalue weighted by Crippen LogP contribution is -2.18. The molecule has 1 aromatic rings. The van der Waals surface area contributed by atoms with Gasteiger partial charge in [-0.15, -0.1) is 13.2 Å². The highest BCUT2D eigenvalue weighted by Gasteiger charge is 2.35. The quantitative estimate of drug-likeness (QED) is 0.477. The van der Waals surface area contributed by atoms with Crippen LogP contribution in [0.3, 0.4) is 0 Å². The maximum atomic E-state index is 12.6. The van der Waals surface area contributed by atoms with Crippen LogP contribution in [0.25, 0.3) is 0 Å². The monoisotopic (exact) mass is 270 g/mol. The van der Waals surface area contributed by atoms with Crippen molar-refractivity contribution in [3.8, 4) is 11.6 Å². The molecular formula is C8H6F4N2O4. The first-order valence-electron chi connectivity index (χ1n) is 4.32. The Morgan fingerprint density at radius 3 is 2.50 bits per heavy atom. The summed E-state index contributed by atoms with van der Waals surface area (Å²) in [7, 11) is 1.02. The third-order valence-corrected chi connectivity index (χ3v) is 1.78. The summed E-state index contributed by atoms with van der Waals surface area (Å²) in [5, 5.41) is 10.6. The van der Waals surface area contributed by atoms with E-state index in [1.54, 1.807) is 0 Å². The molecule has 0 spiro atoms. The highest BCUT2D eigenvalue weighted by molar-refractivity contribution is 5.47. The number of aromatic nitrogens is 1. The summed E-state index contributed by atoms with van der Waals surface area (Å²) in [4.78, 5) is 12.4. The summed E-state index contributed by atoms with van der Waals surface area (Å²) in [5.41, 5.74) is -0.558. The number of ether oxygens (including phenoxy) is 2. The topological polar surface area (TPSA) is 74.5 Å².